The van der Waals surface area contributed by atoms with Crippen LogP contribution in [0.15, 0.2) is 24.3 Å². The van der Waals surface area contributed by atoms with Gasteiger partial charge < -0.3 is 5.32 Å². The molecule has 0 spiro atoms. The Morgan fingerprint density at radius 3 is 2.38 bits per heavy atom. The summed E-state index contributed by atoms with van der Waals surface area (Å²) in [6, 6.07) is 8.57. The van der Waals surface area contributed by atoms with E-state index in [1.54, 1.807) is 0 Å². The van der Waals surface area contributed by atoms with E-state index in [1.165, 1.54) is 5.56 Å². The van der Waals surface area contributed by atoms with Crippen LogP contribution in [0, 0.1) is 5.41 Å². The van der Waals surface area contributed by atoms with Crippen LogP contribution in [-0.2, 0) is 6.42 Å². The molecule has 0 aliphatic carbocycles. The monoisotopic (exact) mass is 239 g/mol. The molecule has 16 heavy (non-hydrogen) atoms. The summed E-state index contributed by atoms with van der Waals surface area (Å²) in [5, 5.41) is 4.25. The van der Waals surface area contributed by atoms with E-state index in [2.05, 4.69) is 32.2 Å². The Labute approximate surface area is 104 Å². The van der Waals surface area contributed by atoms with E-state index >= 15 is 0 Å². The smallest absolute Gasteiger partial charge is 0.0438 e. The third kappa shape index (κ3) is 4.54. The highest BCUT2D eigenvalue weighted by atomic mass is 35.5. The Morgan fingerprint density at radius 1 is 1.25 bits per heavy atom. The van der Waals surface area contributed by atoms with Crippen LogP contribution in [-0.4, -0.2) is 13.1 Å². The fourth-order valence-corrected chi connectivity index (χ4v) is 2.16. The topological polar surface area (TPSA) is 12.0 Å². The van der Waals surface area contributed by atoms with Crippen molar-refractivity contribution in [2.45, 2.75) is 39.7 Å². The third-order valence-corrected chi connectivity index (χ3v) is 3.06. The molecule has 1 atom stereocenters. The summed E-state index contributed by atoms with van der Waals surface area (Å²) in [4.78, 5) is 0. The molecule has 1 unspecified atom stereocenters. The predicted octanol–water partition coefficient (Wildman–Crippen LogP) is 3.91. The Balaban J connectivity index is 2.67. The number of likely N-dealkylation sites (N-methyl/N-ethyl adjacent to an activating group) is 1. The highest BCUT2D eigenvalue weighted by Gasteiger charge is 2.18. The van der Waals surface area contributed by atoms with E-state index in [9.17, 15) is 0 Å². The zero-order valence-electron chi connectivity index (χ0n) is 10.7. The van der Waals surface area contributed by atoms with Gasteiger partial charge in [-0.25, -0.2) is 0 Å². The lowest BCUT2D eigenvalue weighted by molar-refractivity contribution is 0.316. The van der Waals surface area contributed by atoms with Crippen molar-refractivity contribution >= 4 is 11.6 Å². The maximum Gasteiger partial charge on any atom is 0.0438 e. The number of hydrogen-bond donors (Lipinski definition) is 1. The first-order valence-electron chi connectivity index (χ1n) is 5.83. The van der Waals surface area contributed by atoms with Crippen LogP contribution in [0.25, 0.3) is 0 Å². The Hall–Kier alpha value is -0.530. The zero-order valence-corrected chi connectivity index (χ0v) is 11.4. The predicted molar refractivity (Wildman–Crippen MR) is 72.1 cm³/mol. The lowest BCUT2D eigenvalue weighted by Gasteiger charge is -2.26. The summed E-state index contributed by atoms with van der Waals surface area (Å²) >= 11 is 6.17. The van der Waals surface area contributed by atoms with Crippen molar-refractivity contribution < 1.29 is 0 Å². The fourth-order valence-electron chi connectivity index (χ4n) is 1.94. The van der Waals surface area contributed by atoms with Crippen LogP contribution in [0.5, 0.6) is 0 Å². The minimum Gasteiger partial charge on any atom is -0.317 e. The molecule has 0 aliphatic heterocycles. The number of nitrogens with one attached hydrogen (secondary N) is 1. The third-order valence-electron chi connectivity index (χ3n) is 2.69. The molecule has 0 bridgehead atoms. The lowest BCUT2D eigenvalue weighted by atomic mass is 9.86. The second-order valence-corrected chi connectivity index (χ2v) is 5.95. The molecule has 0 aromatic heterocycles. The summed E-state index contributed by atoms with van der Waals surface area (Å²) in [7, 11) is 2.02. The summed E-state index contributed by atoms with van der Waals surface area (Å²) in [6.07, 6.45) is 2.14. The molecule has 1 nitrogen and oxygen atoms in total. The van der Waals surface area contributed by atoms with Crippen LogP contribution in [0.1, 0.15) is 32.8 Å². The minimum atomic E-state index is 0.342. The first-order chi connectivity index (χ1) is 7.42. The van der Waals surface area contributed by atoms with Gasteiger partial charge in [0.05, 0.1) is 0 Å². The summed E-state index contributed by atoms with van der Waals surface area (Å²) in [5.74, 6) is 0. The molecule has 1 aromatic rings. The van der Waals surface area contributed by atoms with E-state index < -0.39 is 0 Å². The Morgan fingerprint density at radius 2 is 1.88 bits per heavy atom. The molecule has 0 fully saturated rings. The van der Waals surface area contributed by atoms with Crippen LogP contribution in [0.2, 0.25) is 5.02 Å². The van der Waals surface area contributed by atoms with Gasteiger partial charge >= 0.3 is 0 Å². The minimum absolute atomic E-state index is 0.342. The van der Waals surface area contributed by atoms with Gasteiger partial charge in [-0.2, -0.15) is 0 Å². The molecule has 2 heteroatoms. The van der Waals surface area contributed by atoms with Gasteiger partial charge in [0.15, 0.2) is 0 Å². The molecule has 0 radical (unpaired) electrons. The van der Waals surface area contributed by atoms with Gasteiger partial charge in [-0.3, -0.25) is 0 Å². The molecule has 0 amide bonds. The van der Waals surface area contributed by atoms with Gasteiger partial charge in [0.1, 0.15) is 0 Å². The average molecular weight is 240 g/mol. The molecule has 1 N–H and O–H groups in total. The lowest BCUT2D eigenvalue weighted by Crippen LogP contribution is -2.32. The van der Waals surface area contributed by atoms with E-state index in [1.807, 2.05) is 25.2 Å². The van der Waals surface area contributed by atoms with E-state index in [0.29, 0.717) is 11.5 Å². The second kappa shape index (κ2) is 5.70. The van der Waals surface area contributed by atoms with Gasteiger partial charge in [-0.1, -0.05) is 50.6 Å². The molecule has 0 saturated carbocycles. The summed E-state index contributed by atoms with van der Waals surface area (Å²) < 4.78 is 0. The second-order valence-electron chi connectivity index (χ2n) is 5.55. The maximum atomic E-state index is 6.17. The van der Waals surface area contributed by atoms with Crippen LogP contribution in [0.3, 0.4) is 0 Å². The van der Waals surface area contributed by atoms with Gasteiger partial charge in [0.2, 0.25) is 0 Å². The summed E-state index contributed by atoms with van der Waals surface area (Å²) in [5.41, 5.74) is 1.57. The van der Waals surface area contributed by atoms with Crippen molar-refractivity contribution in [1.82, 2.24) is 5.32 Å². The quantitative estimate of drug-likeness (QED) is 0.840. The summed E-state index contributed by atoms with van der Waals surface area (Å²) in [6.45, 7) is 6.80. The van der Waals surface area contributed by atoms with Crippen LogP contribution >= 0.6 is 11.6 Å². The van der Waals surface area contributed by atoms with E-state index in [0.717, 1.165) is 17.9 Å². The van der Waals surface area contributed by atoms with Crippen LogP contribution in [0.4, 0.5) is 0 Å². The first-order valence-corrected chi connectivity index (χ1v) is 6.21. The molecule has 1 rings (SSSR count). The van der Waals surface area contributed by atoms with E-state index in [-0.39, 0.29) is 0 Å². The molecule has 90 valence electrons. The number of benzene rings is 1. The van der Waals surface area contributed by atoms with Gasteiger partial charge in [0, 0.05) is 11.1 Å². The van der Waals surface area contributed by atoms with Crippen molar-refractivity contribution in [1.29, 1.82) is 0 Å². The molecule has 0 saturated heterocycles. The molecule has 0 heterocycles. The van der Waals surface area contributed by atoms with Crippen molar-refractivity contribution in [2.24, 2.45) is 5.41 Å². The van der Waals surface area contributed by atoms with Gasteiger partial charge in [0.25, 0.3) is 0 Å². The molecular formula is C14H22ClN. The SMILES string of the molecule is CNC(Cc1ccccc1Cl)CC(C)(C)C. The standard InChI is InChI=1S/C14H22ClN/c1-14(2,3)10-12(16-4)9-11-7-5-6-8-13(11)15/h5-8,12,16H,9-10H2,1-4H3. The number of rotatable bonds is 4. The average Bonchev–Trinajstić information content (AvgIpc) is 2.18. The maximum absolute atomic E-state index is 6.17. The highest BCUT2D eigenvalue weighted by Crippen LogP contribution is 2.24. The van der Waals surface area contributed by atoms with E-state index in [4.69, 9.17) is 11.6 Å². The Bertz CT molecular complexity index is 328. The first kappa shape index (κ1) is 13.5. The molecular weight excluding hydrogens is 218 g/mol. The number of halogens is 1. The highest BCUT2D eigenvalue weighted by molar-refractivity contribution is 6.31. The van der Waals surface area contributed by atoms with Crippen LogP contribution < -0.4 is 5.32 Å². The van der Waals surface area contributed by atoms with Crippen molar-refractivity contribution in [3.63, 3.8) is 0 Å². The van der Waals surface area contributed by atoms with Crippen molar-refractivity contribution in [3.8, 4) is 0 Å². The molecule has 0 aliphatic rings. The van der Waals surface area contributed by atoms with Gasteiger partial charge in [-0.05, 0) is 36.9 Å². The normalized spacial score (nSPS) is 13.8. The molecule has 1 aromatic carbocycles. The zero-order chi connectivity index (χ0) is 12.2. The Kier molecular flexibility index (Phi) is 4.82. The fraction of sp³-hybridized carbons (Fsp3) is 0.571. The largest absolute Gasteiger partial charge is 0.317 e. The van der Waals surface area contributed by atoms with Crippen molar-refractivity contribution in [2.75, 3.05) is 7.05 Å². The van der Waals surface area contributed by atoms with Crippen molar-refractivity contribution in [3.05, 3.63) is 34.9 Å². The van der Waals surface area contributed by atoms with Gasteiger partial charge in [-0.15, -0.1) is 0 Å². The number of hydrogen-bond acceptors (Lipinski definition) is 1.